The third-order valence-electron chi connectivity index (χ3n) is 2.98. The number of Topliss-reactive ketones (excluding diaryl/α,β-unsaturated/α-hetero) is 1. The van der Waals surface area contributed by atoms with Crippen molar-refractivity contribution >= 4 is 17.2 Å². The van der Waals surface area contributed by atoms with E-state index in [1.807, 2.05) is 43.3 Å². The normalized spacial score (nSPS) is 10.2. The van der Waals surface area contributed by atoms with Crippen molar-refractivity contribution < 1.29 is 9.53 Å². The van der Waals surface area contributed by atoms with Crippen LogP contribution in [0.5, 0.6) is 11.5 Å². The first-order chi connectivity index (χ1) is 9.47. The maximum absolute atomic E-state index is 11.3. The van der Waals surface area contributed by atoms with Gasteiger partial charge in [-0.25, -0.2) is 0 Å². The number of hydrogen-bond donors (Lipinski definition) is 1. The Balaban J connectivity index is 2.26. The number of carbonyl (C=O) groups is 1. The first kappa shape index (κ1) is 13.9. The molecule has 0 bridgehead atoms. The van der Waals surface area contributed by atoms with Crippen molar-refractivity contribution in [1.29, 1.82) is 0 Å². The minimum Gasteiger partial charge on any atom is -0.455 e. The molecule has 2 rings (SSSR count). The predicted molar refractivity (Wildman–Crippen MR) is 81.7 cm³/mol. The van der Waals surface area contributed by atoms with Crippen molar-refractivity contribution in [3.63, 3.8) is 0 Å². The van der Waals surface area contributed by atoms with E-state index in [4.69, 9.17) is 10.5 Å². The summed E-state index contributed by atoms with van der Waals surface area (Å²) >= 11 is 0. The summed E-state index contributed by atoms with van der Waals surface area (Å²) in [6.45, 7) is 1.51. The number of benzene rings is 2. The van der Waals surface area contributed by atoms with Crippen LogP contribution in [-0.2, 0) is 0 Å². The van der Waals surface area contributed by atoms with Crippen LogP contribution in [0.2, 0.25) is 0 Å². The van der Waals surface area contributed by atoms with Gasteiger partial charge in [0.25, 0.3) is 0 Å². The molecular weight excluding hydrogens is 252 g/mol. The minimum atomic E-state index is -0.0159. The van der Waals surface area contributed by atoms with E-state index in [0.717, 1.165) is 5.69 Å². The summed E-state index contributed by atoms with van der Waals surface area (Å²) in [5.41, 5.74) is 7.99. The quantitative estimate of drug-likeness (QED) is 0.684. The molecule has 0 atom stereocenters. The number of ether oxygens (including phenoxy) is 1. The van der Waals surface area contributed by atoms with Gasteiger partial charge in [0.15, 0.2) is 5.78 Å². The summed E-state index contributed by atoms with van der Waals surface area (Å²) < 4.78 is 5.77. The second-order valence-corrected chi connectivity index (χ2v) is 4.80. The van der Waals surface area contributed by atoms with Gasteiger partial charge < -0.3 is 15.4 Å². The molecule has 20 heavy (non-hydrogen) atoms. The monoisotopic (exact) mass is 270 g/mol. The number of anilines is 2. The van der Waals surface area contributed by atoms with Crippen LogP contribution in [-0.4, -0.2) is 19.9 Å². The molecule has 0 radical (unpaired) electrons. The molecule has 2 N–H and O–H groups in total. The average Bonchev–Trinajstić information content (AvgIpc) is 2.41. The van der Waals surface area contributed by atoms with Gasteiger partial charge in [0.2, 0.25) is 0 Å². The van der Waals surface area contributed by atoms with Gasteiger partial charge in [-0.3, -0.25) is 4.79 Å². The predicted octanol–water partition coefficient (Wildman–Crippen LogP) is 3.33. The van der Waals surface area contributed by atoms with Crippen LogP contribution in [0.25, 0.3) is 0 Å². The zero-order chi connectivity index (χ0) is 14.7. The molecular formula is C16H18N2O2. The molecule has 0 saturated carbocycles. The highest BCUT2D eigenvalue weighted by Crippen LogP contribution is 2.30. The number of hydrogen-bond acceptors (Lipinski definition) is 4. The van der Waals surface area contributed by atoms with Crippen LogP contribution >= 0.6 is 0 Å². The van der Waals surface area contributed by atoms with E-state index in [-0.39, 0.29) is 5.78 Å². The van der Waals surface area contributed by atoms with Crippen LogP contribution in [0.3, 0.4) is 0 Å². The molecule has 2 aromatic carbocycles. The third kappa shape index (κ3) is 3.09. The van der Waals surface area contributed by atoms with Gasteiger partial charge in [0.05, 0.1) is 5.69 Å². The molecule has 0 saturated heterocycles. The Hall–Kier alpha value is -2.49. The molecule has 2 aromatic rings. The summed E-state index contributed by atoms with van der Waals surface area (Å²) in [6.07, 6.45) is 0. The first-order valence-corrected chi connectivity index (χ1v) is 6.33. The molecule has 0 amide bonds. The Morgan fingerprint density at radius 3 is 2.50 bits per heavy atom. The molecule has 0 aliphatic rings. The lowest BCUT2D eigenvalue weighted by Crippen LogP contribution is -2.08. The van der Waals surface area contributed by atoms with E-state index < -0.39 is 0 Å². The highest BCUT2D eigenvalue weighted by atomic mass is 16.5. The molecule has 0 heterocycles. The van der Waals surface area contributed by atoms with Crippen LogP contribution in [0, 0.1) is 0 Å². The maximum Gasteiger partial charge on any atom is 0.159 e. The molecule has 0 fully saturated rings. The lowest BCUT2D eigenvalue weighted by atomic mass is 10.1. The van der Waals surface area contributed by atoms with Gasteiger partial charge in [-0.15, -0.1) is 0 Å². The molecule has 104 valence electrons. The van der Waals surface area contributed by atoms with Crippen LogP contribution in [0.15, 0.2) is 42.5 Å². The van der Waals surface area contributed by atoms with Crippen LogP contribution < -0.4 is 15.4 Å². The maximum atomic E-state index is 11.3. The standard InChI is InChI=1S/C16H18N2O2/c1-11(19)12-7-8-16(15(17)9-12)20-14-6-4-5-13(10-14)18(2)3/h4-10H,17H2,1-3H3. The Labute approximate surface area is 118 Å². The summed E-state index contributed by atoms with van der Waals surface area (Å²) in [6, 6.07) is 12.8. The molecule has 0 aliphatic heterocycles. The fourth-order valence-electron chi connectivity index (χ4n) is 1.81. The highest BCUT2D eigenvalue weighted by molar-refractivity contribution is 5.95. The summed E-state index contributed by atoms with van der Waals surface area (Å²) in [5.74, 6) is 1.24. The van der Waals surface area contributed by atoms with Gasteiger partial charge in [-0.1, -0.05) is 6.07 Å². The smallest absolute Gasteiger partial charge is 0.159 e. The summed E-state index contributed by atoms with van der Waals surface area (Å²) in [7, 11) is 3.93. The van der Waals surface area contributed by atoms with Crippen molar-refractivity contribution in [3.05, 3.63) is 48.0 Å². The van der Waals surface area contributed by atoms with E-state index in [1.54, 1.807) is 18.2 Å². The Bertz CT molecular complexity index is 636. The Morgan fingerprint density at radius 1 is 1.15 bits per heavy atom. The number of nitrogen functional groups attached to an aromatic ring is 1. The fraction of sp³-hybridized carbons (Fsp3) is 0.188. The van der Waals surface area contributed by atoms with Crippen molar-refractivity contribution in [2.24, 2.45) is 0 Å². The van der Waals surface area contributed by atoms with Crippen molar-refractivity contribution in [2.45, 2.75) is 6.92 Å². The Kier molecular flexibility index (Phi) is 3.94. The summed E-state index contributed by atoms with van der Waals surface area (Å²) in [5, 5.41) is 0. The van der Waals surface area contributed by atoms with Crippen LogP contribution in [0.1, 0.15) is 17.3 Å². The molecule has 0 unspecified atom stereocenters. The SMILES string of the molecule is CC(=O)c1ccc(Oc2cccc(N(C)C)c2)c(N)c1. The second kappa shape index (κ2) is 5.65. The van der Waals surface area contributed by atoms with Gasteiger partial charge in [-0.2, -0.15) is 0 Å². The van der Waals surface area contributed by atoms with E-state index in [1.165, 1.54) is 6.92 Å². The van der Waals surface area contributed by atoms with Crippen molar-refractivity contribution in [2.75, 3.05) is 24.7 Å². The topological polar surface area (TPSA) is 55.6 Å². The molecule has 4 heteroatoms. The largest absolute Gasteiger partial charge is 0.455 e. The van der Waals surface area contributed by atoms with Gasteiger partial charge in [0.1, 0.15) is 11.5 Å². The van der Waals surface area contributed by atoms with E-state index in [2.05, 4.69) is 0 Å². The van der Waals surface area contributed by atoms with Crippen molar-refractivity contribution in [3.8, 4) is 11.5 Å². The Morgan fingerprint density at radius 2 is 1.90 bits per heavy atom. The minimum absolute atomic E-state index is 0.0159. The summed E-state index contributed by atoms with van der Waals surface area (Å²) in [4.78, 5) is 13.3. The zero-order valence-corrected chi connectivity index (χ0v) is 11.9. The van der Waals surface area contributed by atoms with E-state index in [0.29, 0.717) is 22.7 Å². The van der Waals surface area contributed by atoms with E-state index in [9.17, 15) is 4.79 Å². The highest BCUT2D eigenvalue weighted by Gasteiger charge is 2.07. The molecule has 0 spiro atoms. The lowest BCUT2D eigenvalue weighted by molar-refractivity contribution is 0.101. The van der Waals surface area contributed by atoms with E-state index >= 15 is 0 Å². The third-order valence-corrected chi connectivity index (χ3v) is 2.98. The molecule has 0 aromatic heterocycles. The van der Waals surface area contributed by atoms with Crippen LogP contribution in [0.4, 0.5) is 11.4 Å². The number of nitrogens with zero attached hydrogens (tertiary/aromatic N) is 1. The van der Waals surface area contributed by atoms with Gasteiger partial charge in [0, 0.05) is 31.4 Å². The number of rotatable bonds is 4. The average molecular weight is 270 g/mol. The van der Waals surface area contributed by atoms with Gasteiger partial charge in [-0.05, 0) is 37.3 Å². The first-order valence-electron chi connectivity index (χ1n) is 6.33. The second-order valence-electron chi connectivity index (χ2n) is 4.80. The molecule has 0 aliphatic carbocycles. The van der Waals surface area contributed by atoms with Crippen molar-refractivity contribution in [1.82, 2.24) is 0 Å². The molecule has 4 nitrogen and oxygen atoms in total. The fourth-order valence-corrected chi connectivity index (χ4v) is 1.81. The number of ketones is 1. The lowest BCUT2D eigenvalue weighted by Gasteiger charge is -2.14. The zero-order valence-electron chi connectivity index (χ0n) is 11.9. The van der Waals surface area contributed by atoms with Gasteiger partial charge >= 0.3 is 0 Å². The number of nitrogens with two attached hydrogens (primary N) is 1. The number of carbonyl (C=O) groups excluding carboxylic acids is 1.